The van der Waals surface area contributed by atoms with Crippen LogP contribution < -0.4 is 10.1 Å². The van der Waals surface area contributed by atoms with Gasteiger partial charge in [-0.15, -0.1) is 0 Å². The SMILES string of the molecule is CCCc1cc(C2CCCN2C(=O)Nc2ccccc2OCC)no1. The summed E-state index contributed by atoms with van der Waals surface area (Å²) in [5, 5.41) is 7.15. The molecule has 0 radical (unpaired) electrons. The summed E-state index contributed by atoms with van der Waals surface area (Å²) in [6.45, 7) is 5.29. The maximum atomic E-state index is 12.8. The summed E-state index contributed by atoms with van der Waals surface area (Å²) < 4.78 is 11.0. The van der Waals surface area contributed by atoms with Gasteiger partial charge >= 0.3 is 6.03 Å². The van der Waals surface area contributed by atoms with Crippen LogP contribution in [0.5, 0.6) is 5.75 Å². The molecule has 1 aromatic carbocycles. The minimum atomic E-state index is -0.130. The molecule has 1 unspecified atom stereocenters. The van der Waals surface area contributed by atoms with Gasteiger partial charge in [0.15, 0.2) is 0 Å². The molecule has 1 saturated heterocycles. The molecule has 25 heavy (non-hydrogen) atoms. The van der Waals surface area contributed by atoms with Crippen molar-refractivity contribution in [3.05, 3.63) is 41.8 Å². The Kier molecular flexibility index (Phi) is 5.58. The first-order valence-corrected chi connectivity index (χ1v) is 8.97. The number of aryl methyl sites for hydroxylation is 1. The summed E-state index contributed by atoms with van der Waals surface area (Å²) in [5.41, 5.74) is 1.53. The Labute approximate surface area is 148 Å². The van der Waals surface area contributed by atoms with Crippen molar-refractivity contribution in [2.24, 2.45) is 0 Å². The van der Waals surface area contributed by atoms with E-state index in [9.17, 15) is 4.79 Å². The number of carbonyl (C=O) groups is 1. The number of anilines is 1. The summed E-state index contributed by atoms with van der Waals surface area (Å²) in [5.74, 6) is 1.56. The highest BCUT2D eigenvalue weighted by molar-refractivity contribution is 5.91. The van der Waals surface area contributed by atoms with Gasteiger partial charge in [0.1, 0.15) is 17.2 Å². The van der Waals surface area contributed by atoms with Crippen LogP contribution in [-0.4, -0.2) is 29.2 Å². The number of hydrogen-bond acceptors (Lipinski definition) is 4. The molecule has 6 nitrogen and oxygen atoms in total. The van der Waals surface area contributed by atoms with Gasteiger partial charge in [-0.25, -0.2) is 4.79 Å². The van der Waals surface area contributed by atoms with Crippen LogP contribution in [0.25, 0.3) is 0 Å². The first-order valence-electron chi connectivity index (χ1n) is 8.97. The summed E-state index contributed by atoms with van der Waals surface area (Å²) in [6.07, 6.45) is 3.74. The lowest BCUT2D eigenvalue weighted by molar-refractivity contribution is 0.204. The van der Waals surface area contributed by atoms with Crippen LogP contribution in [-0.2, 0) is 6.42 Å². The smallest absolute Gasteiger partial charge is 0.322 e. The number of amides is 2. The Morgan fingerprint density at radius 2 is 2.24 bits per heavy atom. The van der Waals surface area contributed by atoms with Gasteiger partial charge in [-0.2, -0.15) is 0 Å². The summed E-state index contributed by atoms with van der Waals surface area (Å²) in [6, 6.07) is 9.30. The van der Waals surface area contributed by atoms with Crippen LogP contribution in [0.1, 0.15) is 50.6 Å². The molecule has 1 aliphatic heterocycles. The second-order valence-electron chi connectivity index (χ2n) is 6.18. The molecule has 2 amide bonds. The molecule has 0 bridgehead atoms. The van der Waals surface area contributed by atoms with Crippen molar-refractivity contribution in [2.75, 3.05) is 18.5 Å². The van der Waals surface area contributed by atoms with E-state index in [1.807, 2.05) is 42.2 Å². The number of aromatic nitrogens is 1. The van der Waals surface area contributed by atoms with E-state index in [1.165, 1.54) is 0 Å². The number of likely N-dealkylation sites (tertiary alicyclic amines) is 1. The highest BCUT2D eigenvalue weighted by Crippen LogP contribution is 2.33. The summed E-state index contributed by atoms with van der Waals surface area (Å²) >= 11 is 0. The zero-order valence-corrected chi connectivity index (χ0v) is 14.8. The predicted octanol–water partition coefficient (Wildman–Crippen LogP) is 4.39. The van der Waals surface area contributed by atoms with Gasteiger partial charge in [0.05, 0.1) is 18.3 Å². The number of rotatable bonds is 6. The third kappa shape index (κ3) is 3.95. The molecule has 1 fully saturated rings. The Morgan fingerprint density at radius 1 is 1.40 bits per heavy atom. The molecular formula is C19H25N3O3. The number of nitrogens with zero attached hydrogens (tertiary/aromatic N) is 2. The fraction of sp³-hybridized carbons (Fsp3) is 0.474. The van der Waals surface area contributed by atoms with Gasteiger partial charge in [-0.05, 0) is 38.3 Å². The van der Waals surface area contributed by atoms with Crippen LogP contribution >= 0.6 is 0 Å². The average Bonchev–Trinajstić information content (AvgIpc) is 3.26. The molecule has 0 saturated carbocycles. The number of hydrogen-bond donors (Lipinski definition) is 1. The fourth-order valence-corrected chi connectivity index (χ4v) is 3.21. The lowest BCUT2D eigenvalue weighted by Crippen LogP contribution is -2.34. The van der Waals surface area contributed by atoms with Crippen LogP contribution in [0.15, 0.2) is 34.9 Å². The van der Waals surface area contributed by atoms with E-state index in [1.54, 1.807) is 0 Å². The normalized spacial score (nSPS) is 16.9. The number of benzene rings is 1. The van der Waals surface area contributed by atoms with E-state index < -0.39 is 0 Å². The lowest BCUT2D eigenvalue weighted by Gasteiger charge is -2.24. The number of para-hydroxylation sites is 2. The van der Waals surface area contributed by atoms with Crippen LogP contribution in [0.2, 0.25) is 0 Å². The number of ether oxygens (including phenoxy) is 1. The van der Waals surface area contributed by atoms with Crippen molar-refractivity contribution in [3.63, 3.8) is 0 Å². The van der Waals surface area contributed by atoms with Crippen molar-refractivity contribution in [2.45, 2.75) is 45.6 Å². The van der Waals surface area contributed by atoms with Crippen molar-refractivity contribution in [1.29, 1.82) is 0 Å². The maximum Gasteiger partial charge on any atom is 0.322 e. The van der Waals surface area contributed by atoms with E-state index >= 15 is 0 Å². The van der Waals surface area contributed by atoms with E-state index in [-0.39, 0.29) is 12.1 Å². The van der Waals surface area contributed by atoms with Crippen molar-refractivity contribution in [3.8, 4) is 5.75 Å². The molecule has 2 aromatic rings. The molecule has 0 aliphatic carbocycles. The Balaban J connectivity index is 1.72. The van der Waals surface area contributed by atoms with E-state index in [2.05, 4.69) is 17.4 Å². The highest BCUT2D eigenvalue weighted by atomic mass is 16.5. The Hall–Kier alpha value is -2.50. The third-order valence-corrected chi connectivity index (χ3v) is 4.36. The number of nitrogens with one attached hydrogen (secondary N) is 1. The van der Waals surface area contributed by atoms with Crippen molar-refractivity contribution < 1.29 is 14.1 Å². The van der Waals surface area contributed by atoms with E-state index in [0.29, 0.717) is 24.6 Å². The van der Waals surface area contributed by atoms with E-state index in [4.69, 9.17) is 9.26 Å². The highest BCUT2D eigenvalue weighted by Gasteiger charge is 2.32. The van der Waals surface area contributed by atoms with Gasteiger partial charge in [0.25, 0.3) is 0 Å². The molecule has 0 spiro atoms. The fourth-order valence-electron chi connectivity index (χ4n) is 3.21. The van der Waals surface area contributed by atoms with E-state index in [0.717, 1.165) is 37.1 Å². The molecule has 1 aromatic heterocycles. The first-order chi connectivity index (χ1) is 12.2. The number of urea groups is 1. The molecule has 6 heteroatoms. The maximum absolute atomic E-state index is 12.8. The summed E-state index contributed by atoms with van der Waals surface area (Å²) in [4.78, 5) is 14.6. The van der Waals surface area contributed by atoms with Gasteiger partial charge in [0.2, 0.25) is 0 Å². The monoisotopic (exact) mass is 343 g/mol. The molecule has 1 atom stereocenters. The lowest BCUT2D eigenvalue weighted by atomic mass is 10.1. The summed E-state index contributed by atoms with van der Waals surface area (Å²) in [7, 11) is 0. The van der Waals surface area contributed by atoms with Crippen molar-refractivity contribution >= 4 is 11.7 Å². The zero-order valence-electron chi connectivity index (χ0n) is 14.8. The molecule has 134 valence electrons. The van der Waals surface area contributed by atoms with Crippen LogP contribution in [0.4, 0.5) is 10.5 Å². The molecule has 2 heterocycles. The first kappa shape index (κ1) is 17.3. The Bertz CT molecular complexity index is 713. The third-order valence-electron chi connectivity index (χ3n) is 4.36. The molecular weight excluding hydrogens is 318 g/mol. The quantitative estimate of drug-likeness (QED) is 0.844. The molecule has 3 rings (SSSR count). The molecule has 1 N–H and O–H groups in total. The van der Waals surface area contributed by atoms with Gasteiger partial charge < -0.3 is 19.5 Å². The standard InChI is InChI=1S/C19H25N3O3/c1-3-8-14-13-16(21-25-14)17-10-7-12-22(17)19(23)20-15-9-5-6-11-18(15)24-4-2/h5-6,9,11,13,17H,3-4,7-8,10,12H2,1-2H3,(H,20,23). The van der Waals surface area contributed by atoms with Crippen LogP contribution in [0.3, 0.4) is 0 Å². The van der Waals surface area contributed by atoms with Gasteiger partial charge in [-0.3, -0.25) is 0 Å². The Morgan fingerprint density at radius 3 is 3.04 bits per heavy atom. The van der Waals surface area contributed by atoms with Gasteiger partial charge in [-0.1, -0.05) is 24.2 Å². The number of carbonyl (C=O) groups excluding carboxylic acids is 1. The van der Waals surface area contributed by atoms with Crippen molar-refractivity contribution in [1.82, 2.24) is 10.1 Å². The average molecular weight is 343 g/mol. The largest absolute Gasteiger partial charge is 0.492 e. The second-order valence-corrected chi connectivity index (χ2v) is 6.18. The second kappa shape index (κ2) is 8.05. The minimum absolute atomic E-state index is 0.0337. The van der Waals surface area contributed by atoms with Crippen LogP contribution in [0, 0.1) is 0 Å². The predicted molar refractivity (Wildman–Crippen MR) is 95.8 cm³/mol. The minimum Gasteiger partial charge on any atom is -0.492 e. The zero-order chi connectivity index (χ0) is 17.6. The topological polar surface area (TPSA) is 67.6 Å². The van der Waals surface area contributed by atoms with Gasteiger partial charge in [0, 0.05) is 19.0 Å². The molecule has 1 aliphatic rings.